The van der Waals surface area contributed by atoms with Crippen LogP contribution in [0.2, 0.25) is 0 Å². The highest BCUT2D eigenvalue weighted by Gasteiger charge is 2.18. The van der Waals surface area contributed by atoms with Crippen LogP contribution in [0.5, 0.6) is 5.88 Å². The molecule has 1 aromatic carbocycles. The second kappa shape index (κ2) is 7.15. The fourth-order valence-electron chi connectivity index (χ4n) is 3.31. The summed E-state index contributed by atoms with van der Waals surface area (Å²) in [6.07, 6.45) is 5.34. The Hall–Kier alpha value is -2.89. The van der Waals surface area contributed by atoms with E-state index < -0.39 is 0 Å². The molecule has 0 saturated carbocycles. The zero-order valence-electron chi connectivity index (χ0n) is 15.2. The first kappa shape index (κ1) is 16.6. The fraction of sp³-hybridized carbons (Fsp3) is 0.350. The van der Waals surface area contributed by atoms with Crippen molar-refractivity contribution in [3.63, 3.8) is 0 Å². The number of nitrogens with zero attached hydrogens (tertiary/aromatic N) is 5. The number of piperazine rings is 1. The molecule has 0 N–H and O–H groups in total. The average molecular weight is 349 g/mol. The molecule has 0 amide bonds. The van der Waals surface area contributed by atoms with Crippen LogP contribution < -0.4 is 14.5 Å². The lowest BCUT2D eigenvalue weighted by atomic mass is 10.1. The molecule has 6 heteroatoms. The smallest absolute Gasteiger partial charge is 0.224 e. The van der Waals surface area contributed by atoms with Gasteiger partial charge in [-0.15, -0.1) is 0 Å². The van der Waals surface area contributed by atoms with Gasteiger partial charge < -0.3 is 14.5 Å². The molecule has 134 valence electrons. The standard InChI is InChI=1S/C20H23N5O/c1-15(2)26-20-18-13-17(3-4-19(18)22-14-23-20)25-11-9-24(10-12-25)16-5-7-21-8-6-16/h3-8,13-15H,9-12H2,1-2H3. The van der Waals surface area contributed by atoms with Gasteiger partial charge in [-0.25, -0.2) is 9.97 Å². The highest BCUT2D eigenvalue weighted by Crippen LogP contribution is 2.28. The molecule has 0 aliphatic carbocycles. The molecule has 4 rings (SSSR count). The SMILES string of the molecule is CC(C)Oc1ncnc2ccc(N3CCN(c4ccncc4)CC3)cc12. The van der Waals surface area contributed by atoms with Crippen molar-refractivity contribution in [3.8, 4) is 5.88 Å². The Morgan fingerprint density at radius 3 is 2.27 bits per heavy atom. The summed E-state index contributed by atoms with van der Waals surface area (Å²) in [7, 11) is 0. The third-order valence-electron chi connectivity index (χ3n) is 4.60. The number of rotatable bonds is 4. The van der Waals surface area contributed by atoms with Crippen LogP contribution in [0.3, 0.4) is 0 Å². The largest absolute Gasteiger partial charge is 0.474 e. The zero-order valence-corrected chi connectivity index (χ0v) is 15.2. The van der Waals surface area contributed by atoms with Crippen LogP contribution in [-0.2, 0) is 0 Å². The summed E-state index contributed by atoms with van der Waals surface area (Å²) >= 11 is 0. The fourth-order valence-corrected chi connectivity index (χ4v) is 3.31. The van der Waals surface area contributed by atoms with Crippen LogP contribution >= 0.6 is 0 Å². The summed E-state index contributed by atoms with van der Waals surface area (Å²) < 4.78 is 5.86. The van der Waals surface area contributed by atoms with E-state index in [1.54, 1.807) is 6.33 Å². The summed E-state index contributed by atoms with van der Waals surface area (Å²) in [6.45, 7) is 7.95. The van der Waals surface area contributed by atoms with Crippen LogP contribution in [-0.4, -0.2) is 47.2 Å². The first-order valence-corrected chi connectivity index (χ1v) is 9.02. The van der Waals surface area contributed by atoms with Gasteiger partial charge in [0, 0.05) is 49.9 Å². The summed E-state index contributed by atoms with van der Waals surface area (Å²) in [5.74, 6) is 0.655. The molecular formula is C20H23N5O. The number of hydrogen-bond donors (Lipinski definition) is 0. The van der Waals surface area contributed by atoms with Crippen LogP contribution in [0, 0.1) is 0 Å². The second-order valence-corrected chi connectivity index (χ2v) is 6.73. The van der Waals surface area contributed by atoms with E-state index in [2.05, 4.69) is 55.1 Å². The molecule has 1 saturated heterocycles. The van der Waals surface area contributed by atoms with Crippen molar-refractivity contribution >= 4 is 22.3 Å². The van der Waals surface area contributed by atoms with Crippen molar-refractivity contribution in [1.82, 2.24) is 15.0 Å². The Kier molecular flexibility index (Phi) is 4.56. The van der Waals surface area contributed by atoms with Crippen LogP contribution in [0.1, 0.15) is 13.8 Å². The van der Waals surface area contributed by atoms with E-state index in [9.17, 15) is 0 Å². The van der Waals surface area contributed by atoms with E-state index in [4.69, 9.17) is 4.74 Å². The van der Waals surface area contributed by atoms with Crippen LogP contribution in [0.15, 0.2) is 49.1 Å². The van der Waals surface area contributed by atoms with Crippen molar-refractivity contribution in [2.75, 3.05) is 36.0 Å². The minimum Gasteiger partial charge on any atom is -0.474 e. The first-order chi connectivity index (χ1) is 12.7. The van der Waals surface area contributed by atoms with E-state index >= 15 is 0 Å². The Balaban J connectivity index is 1.54. The van der Waals surface area contributed by atoms with Crippen molar-refractivity contribution in [2.24, 2.45) is 0 Å². The monoisotopic (exact) mass is 349 g/mol. The number of hydrogen-bond acceptors (Lipinski definition) is 6. The van der Waals surface area contributed by atoms with Crippen molar-refractivity contribution in [2.45, 2.75) is 20.0 Å². The number of benzene rings is 1. The number of fused-ring (bicyclic) bond motifs is 1. The van der Waals surface area contributed by atoms with Gasteiger partial charge in [-0.05, 0) is 44.2 Å². The van der Waals surface area contributed by atoms with Gasteiger partial charge in [0.2, 0.25) is 5.88 Å². The molecule has 0 unspecified atom stereocenters. The summed E-state index contributed by atoms with van der Waals surface area (Å²) in [5, 5.41) is 0.968. The average Bonchev–Trinajstić information content (AvgIpc) is 2.68. The van der Waals surface area contributed by atoms with E-state index in [1.165, 1.54) is 11.4 Å². The molecule has 6 nitrogen and oxygen atoms in total. The van der Waals surface area contributed by atoms with Gasteiger partial charge in [-0.3, -0.25) is 4.98 Å². The van der Waals surface area contributed by atoms with Crippen molar-refractivity contribution in [1.29, 1.82) is 0 Å². The van der Waals surface area contributed by atoms with Gasteiger partial charge in [0.05, 0.1) is 17.0 Å². The molecule has 26 heavy (non-hydrogen) atoms. The molecule has 0 bridgehead atoms. The van der Waals surface area contributed by atoms with Crippen LogP contribution in [0.4, 0.5) is 11.4 Å². The first-order valence-electron chi connectivity index (χ1n) is 9.02. The molecule has 3 aromatic rings. The minimum absolute atomic E-state index is 0.0839. The Bertz CT molecular complexity index is 876. The van der Waals surface area contributed by atoms with E-state index in [1.807, 2.05) is 26.2 Å². The lowest BCUT2D eigenvalue weighted by Gasteiger charge is -2.37. The molecule has 1 aliphatic rings. The highest BCUT2D eigenvalue weighted by molar-refractivity contribution is 5.86. The Labute approximate surface area is 153 Å². The quantitative estimate of drug-likeness (QED) is 0.721. The predicted octanol–water partition coefficient (Wildman–Crippen LogP) is 3.14. The third kappa shape index (κ3) is 3.40. The highest BCUT2D eigenvalue weighted by atomic mass is 16.5. The lowest BCUT2D eigenvalue weighted by Crippen LogP contribution is -2.46. The van der Waals surface area contributed by atoms with E-state index in [-0.39, 0.29) is 6.10 Å². The Morgan fingerprint density at radius 2 is 1.58 bits per heavy atom. The molecule has 0 radical (unpaired) electrons. The molecule has 1 aliphatic heterocycles. The third-order valence-corrected chi connectivity index (χ3v) is 4.60. The molecule has 0 atom stereocenters. The Morgan fingerprint density at radius 1 is 0.885 bits per heavy atom. The second-order valence-electron chi connectivity index (χ2n) is 6.73. The normalized spacial score (nSPS) is 14.9. The topological polar surface area (TPSA) is 54.4 Å². The maximum Gasteiger partial charge on any atom is 0.224 e. The van der Waals surface area contributed by atoms with Gasteiger partial charge in [0.1, 0.15) is 6.33 Å². The number of aromatic nitrogens is 3. The van der Waals surface area contributed by atoms with E-state index in [0.29, 0.717) is 5.88 Å². The summed E-state index contributed by atoms with van der Waals surface area (Å²) in [5.41, 5.74) is 3.34. The number of pyridine rings is 1. The maximum atomic E-state index is 5.86. The van der Waals surface area contributed by atoms with Gasteiger partial charge in [0.15, 0.2) is 0 Å². The number of anilines is 2. The number of ether oxygens (including phenoxy) is 1. The van der Waals surface area contributed by atoms with Crippen molar-refractivity contribution in [3.05, 3.63) is 49.1 Å². The van der Waals surface area contributed by atoms with E-state index in [0.717, 1.165) is 37.1 Å². The summed E-state index contributed by atoms with van der Waals surface area (Å²) in [4.78, 5) is 17.6. The molecule has 1 fully saturated rings. The zero-order chi connectivity index (χ0) is 17.9. The van der Waals surface area contributed by atoms with Gasteiger partial charge in [-0.2, -0.15) is 0 Å². The van der Waals surface area contributed by atoms with Crippen molar-refractivity contribution < 1.29 is 4.74 Å². The predicted molar refractivity (Wildman–Crippen MR) is 104 cm³/mol. The van der Waals surface area contributed by atoms with Gasteiger partial charge in [0.25, 0.3) is 0 Å². The maximum absolute atomic E-state index is 5.86. The minimum atomic E-state index is 0.0839. The van der Waals surface area contributed by atoms with Gasteiger partial charge in [-0.1, -0.05) is 0 Å². The van der Waals surface area contributed by atoms with Gasteiger partial charge >= 0.3 is 0 Å². The lowest BCUT2D eigenvalue weighted by molar-refractivity contribution is 0.235. The summed E-state index contributed by atoms with van der Waals surface area (Å²) in [6, 6.07) is 10.5. The van der Waals surface area contributed by atoms with Crippen LogP contribution in [0.25, 0.3) is 10.9 Å². The molecule has 2 aromatic heterocycles. The molecular weight excluding hydrogens is 326 g/mol. The molecule has 3 heterocycles. The molecule has 0 spiro atoms.